The SMILES string of the molecule is CCNCC(C(N)OCC)S(=O)(=O)N(CC)c1cccc(OCc2ccccc2)c1. The number of nitrogens with two attached hydrogens (primary N) is 1. The molecule has 3 N–H and O–H groups in total. The van der Waals surface area contributed by atoms with Crippen LogP contribution in [0.1, 0.15) is 26.3 Å². The first kappa shape index (κ1) is 24.1. The standard InChI is InChI=1S/C22H33N3O4S/c1-4-24-16-21(22(23)28-6-3)30(26,27)25(5-2)19-13-10-14-20(15-19)29-17-18-11-8-7-9-12-18/h7-15,21-22,24H,4-6,16-17,23H2,1-3H3. The van der Waals surface area contributed by atoms with Gasteiger partial charge >= 0.3 is 0 Å². The van der Waals surface area contributed by atoms with Gasteiger partial charge in [0.15, 0.2) is 0 Å². The van der Waals surface area contributed by atoms with Crippen molar-refractivity contribution in [3.8, 4) is 5.75 Å². The third-order valence-corrected chi connectivity index (χ3v) is 6.94. The van der Waals surface area contributed by atoms with Crippen LogP contribution in [-0.4, -0.2) is 46.1 Å². The zero-order chi connectivity index (χ0) is 22.0. The molecule has 0 radical (unpaired) electrons. The Morgan fingerprint density at radius 3 is 2.43 bits per heavy atom. The number of nitrogens with zero attached hydrogens (tertiary/aromatic N) is 1. The van der Waals surface area contributed by atoms with E-state index in [1.807, 2.05) is 43.3 Å². The summed E-state index contributed by atoms with van der Waals surface area (Å²) in [6, 6.07) is 16.9. The highest BCUT2D eigenvalue weighted by molar-refractivity contribution is 7.93. The van der Waals surface area contributed by atoms with E-state index in [1.165, 1.54) is 4.31 Å². The number of sulfonamides is 1. The maximum atomic E-state index is 13.5. The lowest BCUT2D eigenvalue weighted by Gasteiger charge is -2.31. The van der Waals surface area contributed by atoms with Gasteiger partial charge in [-0.2, -0.15) is 0 Å². The van der Waals surface area contributed by atoms with E-state index in [2.05, 4.69) is 5.32 Å². The first-order valence-corrected chi connectivity index (χ1v) is 11.8. The van der Waals surface area contributed by atoms with Crippen LogP contribution in [0, 0.1) is 0 Å². The number of hydrogen-bond acceptors (Lipinski definition) is 6. The lowest BCUT2D eigenvalue weighted by atomic mass is 10.2. The summed E-state index contributed by atoms with van der Waals surface area (Å²) in [6.07, 6.45) is -0.925. The second-order valence-corrected chi connectivity index (χ2v) is 8.82. The van der Waals surface area contributed by atoms with Gasteiger partial charge in [0, 0.05) is 25.8 Å². The van der Waals surface area contributed by atoms with Crippen molar-refractivity contribution in [1.29, 1.82) is 0 Å². The number of anilines is 1. The zero-order valence-electron chi connectivity index (χ0n) is 18.0. The molecule has 2 aromatic carbocycles. The molecular formula is C22H33N3O4S. The van der Waals surface area contributed by atoms with Crippen LogP contribution in [0.15, 0.2) is 54.6 Å². The molecule has 2 aromatic rings. The minimum Gasteiger partial charge on any atom is -0.489 e. The van der Waals surface area contributed by atoms with E-state index in [4.69, 9.17) is 15.2 Å². The summed E-state index contributed by atoms with van der Waals surface area (Å²) >= 11 is 0. The molecule has 0 fully saturated rings. The fourth-order valence-electron chi connectivity index (χ4n) is 3.12. The molecule has 0 aliphatic carbocycles. The molecule has 8 heteroatoms. The van der Waals surface area contributed by atoms with Gasteiger partial charge in [0.2, 0.25) is 10.0 Å². The summed E-state index contributed by atoms with van der Waals surface area (Å²) in [4.78, 5) is 0. The molecule has 0 spiro atoms. The second kappa shape index (κ2) is 11.9. The molecule has 166 valence electrons. The number of benzene rings is 2. The Kier molecular flexibility index (Phi) is 9.58. The van der Waals surface area contributed by atoms with E-state index in [0.717, 1.165) is 5.56 Å². The minimum atomic E-state index is -3.78. The summed E-state index contributed by atoms with van der Waals surface area (Å²) in [5, 5.41) is 2.17. The third kappa shape index (κ3) is 6.43. The van der Waals surface area contributed by atoms with E-state index in [-0.39, 0.29) is 13.1 Å². The van der Waals surface area contributed by atoms with Crippen LogP contribution >= 0.6 is 0 Å². The first-order valence-electron chi connectivity index (χ1n) is 10.3. The fraction of sp³-hybridized carbons (Fsp3) is 0.455. The van der Waals surface area contributed by atoms with E-state index in [0.29, 0.717) is 31.2 Å². The molecular weight excluding hydrogens is 402 g/mol. The molecule has 7 nitrogen and oxygen atoms in total. The number of ether oxygens (including phenoxy) is 2. The van der Waals surface area contributed by atoms with Gasteiger partial charge in [-0.25, -0.2) is 8.42 Å². The van der Waals surface area contributed by atoms with E-state index >= 15 is 0 Å². The van der Waals surface area contributed by atoms with Gasteiger partial charge in [-0.15, -0.1) is 0 Å². The normalized spacial score (nSPS) is 13.6. The van der Waals surface area contributed by atoms with Crippen molar-refractivity contribution >= 4 is 15.7 Å². The Labute approximate surface area is 180 Å². The van der Waals surface area contributed by atoms with Crippen LogP contribution in [0.3, 0.4) is 0 Å². The van der Waals surface area contributed by atoms with Crippen LogP contribution in [0.25, 0.3) is 0 Å². The summed E-state index contributed by atoms with van der Waals surface area (Å²) in [5.41, 5.74) is 7.65. The average molecular weight is 436 g/mol. The molecule has 0 amide bonds. The number of rotatable bonds is 13. The largest absolute Gasteiger partial charge is 0.489 e. The Hall–Kier alpha value is -2.13. The van der Waals surface area contributed by atoms with Crippen molar-refractivity contribution in [2.24, 2.45) is 5.73 Å². The van der Waals surface area contributed by atoms with Crippen molar-refractivity contribution in [1.82, 2.24) is 5.32 Å². The van der Waals surface area contributed by atoms with Crippen molar-refractivity contribution in [3.05, 3.63) is 60.2 Å². The summed E-state index contributed by atoms with van der Waals surface area (Å²) in [5.74, 6) is 0.599. The number of hydrogen-bond donors (Lipinski definition) is 2. The van der Waals surface area contributed by atoms with E-state index in [1.54, 1.807) is 32.0 Å². The molecule has 30 heavy (non-hydrogen) atoms. The second-order valence-electron chi connectivity index (χ2n) is 6.75. The molecule has 0 saturated carbocycles. The molecule has 0 aliphatic heterocycles. The number of nitrogens with one attached hydrogen (secondary N) is 1. The molecule has 2 rings (SSSR count). The summed E-state index contributed by atoms with van der Waals surface area (Å²) < 4.78 is 39.6. The van der Waals surface area contributed by atoms with Crippen LogP contribution in [0.2, 0.25) is 0 Å². The van der Waals surface area contributed by atoms with Gasteiger partial charge in [-0.1, -0.05) is 43.3 Å². The lowest BCUT2D eigenvalue weighted by Crippen LogP contribution is -2.53. The summed E-state index contributed by atoms with van der Waals surface area (Å²) in [6.45, 7) is 7.37. The Morgan fingerprint density at radius 2 is 1.80 bits per heavy atom. The Morgan fingerprint density at radius 1 is 1.07 bits per heavy atom. The third-order valence-electron chi connectivity index (χ3n) is 4.65. The topological polar surface area (TPSA) is 93.9 Å². The molecule has 0 heterocycles. The van der Waals surface area contributed by atoms with Crippen molar-refractivity contribution in [2.75, 3.05) is 30.5 Å². The quantitative estimate of drug-likeness (QED) is 0.470. The van der Waals surface area contributed by atoms with Crippen molar-refractivity contribution in [3.63, 3.8) is 0 Å². The van der Waals surface area contributed by atoms with Crippen LogP contribution in [0.5, 0.6) is 5.75 Å². The highest BCUT2D eigenvalue weighted by Crippen LogP contribution is 2.26. The van der Waals surface area contributed by atoms with Gasteiger partial charge in [-0.3, -0.25) is 4.31 Å². The maximum absolute atomic E-state index is 13.5. The van der Waals surface area contributed by atoms with Gasteiger partial charge in [0.1, 0.15) is 23.8 Å². The highest BCUT2D eigenvalue weighted by Gasteiger charge is 2.36. The fourth-order valence-corrected chi connectivity index (χ4v) is 4.96. The molecule has 0 aromatic heterocycles. The van der Waals surface area contributed by atoms with Gasteiger partial charge in [0.05, 0.1) is 5.69 Å². The smallest absolute Gasteiger partial charge is 0.243 e. The van der Waals surface area contributed by atoms with Crippen molar-refractivity contribution in [2.45, 2.75) is 38.9 Å². The van der Waals surface area contributed by atoms with Gasteiger partial charge in [-0.05, 0) is 38.1 Å². The molecule has 0 aliphatic rings. The van der Waals surface area contributed by atoms with E-state index in [9.17, 15) is 8.42 Å². The van der Waals surface area contributed by atoms with Gasteiger partial charge < -0.3 is 20.5 Å². The maximum Gasteiger partial charge on any atom is 0.243 e. The van der Waals surface area contributed by atoms with Crippen molar-refractivity contribution < 1.29 is 17.9 Å². The predicted molar refractivity (Wildman–Crippen MR) is 121 cm³/mol. The van der Waals surface area contributed by atoms with Crippen LogP contribution in [-0.2, 0) is 21.4 Å². The predicted octanol–water partition coefficient (Wildman–Crippen LogP) is 2.72. The Balaban J connectivity index is 2.25. The van der Waals surface area contributed by atoms with Crippen LogP contribution in [0.4, 0.5) is 5.69 Å². The monoisotopic (exact) mass is 435 g/mol. The van der Waals surface area contributed by atoms with E-state index < -0.39 is 21.5 Å². The van der Waals surface area contributed by atoms with Gasteiger partial charge in [0.25, 0.3) is 0 Å². The summed E-state index contributed by atoms with van der Waals surface area (Å²) in [7, 11) is -3.78. The molecule has 0 saturated heterocycles. The average Bonchev–Trinajstić information content (AvgIpc) is 2.74. The molecule has 2 atom stereocenters. The minimum absolute atomic E-state index is 0.209. The molecule has 0 bridgehead atoms. The van der Waals surface area contributed by atoms with Crippen LogP contribution < -0.4 is 20.1 Å². The molecule has 2 unspecified atom stereocenters. The Bertz CT molecular complexity index is 862. The zero-order valence-corrected chi connectivity index (χ0v) is 18.8. The lowest BCUT2D eigenvalue weighted by molar-refractivity contribution is 0.0641. The highest BCUT2D eigenvalue weighted by atomic mass is 32.2. The first-order chi connectivity index (χ1) is 14.4.